The minimum Gasteiger partial charge on any atom is -0.370 e. The molecule has 2 N–H and O–H groups in total. The second-order valence-corrected chi connectivity index (χ2v) is 5.31. The van der Waals surface area contributed by atoms with Crippen molar-refractivity contribution in [1.29, 1.82) is 0 Å². The van der Waals surface area contributed by atoms with E-state index in [4.69, 9.17) is 5.73 Å². The van der Waals surface area contributed by atoms with Crippen LogP contribution >= 0.6 is 0 Å². The molecule has 0 radical (unpaired) electrons. The van der Waals surface area contributed by atoms with Crippen molar-refractivity contribution in [3.63, 3.8) is 0 Å². The average molecular weight is 263 g/mol. The number of rotatable bonds is 3. The molecule has 5 heteroatoms. The number of aryl methyl sites for hydroxylation is 2. The second-order valence-electron chi connectivity index (χ2n) is 5.31. The summed E-state index contributed by atoms with van der Waals surface area (Å²) in [6, 6.07) is 0. The van der Waals surface area contributed by atoms with Gasteiger partial charge >= 0.3 is 0 Å². The van der Waals surface area contributed by atoms with Gasteiger partial charge in [-0.3, -0.25) is 9.67 Å². The number of guanidine groups is 1. The third-order valence-corrected chi connectivity index (χ3v) is 3.97. The van der Waals surface area contributed by atoms with E-state index >= 15 is 0 Å². The van der Waals surface area contributed by atoms with Crippen molar-refractivity contribution in [2.24, 2.45) is 17.8 Å². The second kappa shape index (κ2) is 6.08. The standard InChI is InChI=1S/C14H25N5/c1-11-13(12(2)18(3)17-11)7-8-16-14(15)19-9-5-4-6-10-19/h4-10H2,1-3H3,(H2,15,16). The highest BCUT2D eigenvalue weighted by molar-refractivity contribution is 5.78. The summed E-state index contributed by atoms with van der Waals surface area (Å²) in [4.78, 5) is 6.72. The van der Waals surface area contributed by atoms with E-state index in [1.807, 2.05) is 11.7 Å². The number of aliphatic imine (C=N–C) groups is 1. The Morgan fingerprint density at radius 1 is 1.26 bits per heavy atom. The van der Waals surface area contributed by atoms with Gasteiger partial charge < -0.3 is 10.6 Å². The topological polar surface area (TPSA) is 59.4 Å². The van der Waals surface area contributed by atoms with Crippen molar-refractivity contribution >= 4 is 5.96 Å². The predicted octanol–water partition coefficient (Wildman–Crippen LogP) is 1.38. The molecule has 0 bridgehead atoms. The molecule has 19 heavy (non-hydrogen) atoms. The van der Waals surface area contributed by atoms with E-state index in [9.17, 15) is 0 Å². The third kappa shape index (κ3) is 3.28. The van der Waals surface area contributed by atoms with Crippen LogP contribution in [0, 0.1) is 13.8 Å². The number of piperidine rings is 1. The Balaban J connectivity index is 1.91. The maximum Gasteiger partial charge on any atom is 0.191 e. The van der Waals surface area contributed by atoms with Gasteiger partial charge in [0.1, 0.15) is 0 Å². The van der Waals surface area contributed by atoms with Gasteiger partial charge in [-0.1, -0.05) is 0 Å². The Labute approximate surface area is 115 Å². The molecular formula is C14H25N5. The minimum atomic E-state index is 0.707. The van der Waals surface area contributed by atoms with Gasteiger partial charge in [-0.05, 0) is 45.1 Å². The quantitative estimate of drug-likeness (QED) is 0.662. The lowest BCUT2D eigenvalue weighted by Crippen LogP contribution is -2.41. The van der Waals surface area contributed by atoms with Gasteiger partial charge in [0, 0.05) is 32.4 Å². The van der Waals surface area contributed by atoms with Crippen LogP contribution in [0.2, 0.25) is 0 Å². The van der Waals surface area contributed by atoms with Crippen LogP contribution in [0.1, 0.15) is 36.2 Å². The summed E-state index contributed by atoms with van der Waals surface area (Å²) in [5, 5.41) is 4.42. The zero-order valence-corrected chi connectivity index (χ0v) is 12.3. The van der Waals surface area contributed by atoms with Crippen LogP contribution in [0.15, 0.2) is 4.99 Å². The maximum absolute atomic E-state index is 6.05. The van der Waals surface area contributed by atoms with Gasteiger partial charge in [-0.15, -0.1) is 0 Å². The Kier molecular flexibility index (Phi) is 4.45. The molecule has 106 valence electrons. The first-order valence-corrected chi connectivity index (χ1v) is 7.13. The summed E-state index contributed by atoms with van der Waals surface area (Å²) in [7, 11) is 1.98. The van der Waals surface area contributed by atoms with Crippen molar-refractivity contribution in [1.82, 2.24) is 14.7 Å². The molecule has 0 saturated carbocycles. The minimum absolute atomic E-state index is 0.707. The van der Waals surface area contributed by atoms with Crippen molar-refractivity contribution in [2.45, 2.75) is 39.5 Å². The number of hydrogen-bond acceptors (Lipinski definition) is 2. The highest BCUT2D eigenvalue weighted by Crippen LogP contribution is 2.13. The molecule has 0 amide bonds. The van der Waals surface area contributed by atoms with E-state index in [2.05, 4.69) is 28.8 Å². The fraction of sp³-hybridized carbons (Fsp3) is 0.714. The molecule has 1 aromatic heterocycles. The highest BCUT2D eigenvalue weighted by atomic mass is 15.3. The summed E-state index contributed by atoms with van der Waals surface area (Å²) in [5.74, 6) is 0.707. The van der Waals surface area contributed by atoms with Crippen LogP contribution in [0.25, 0.3) is 0 Å². The Bertz CT molecular complexity index is 455. The monoisotopic (exact) mass is 263 g/mol. The fourth-order valence-corrected chi connectivity index (χ4v) is 2.68. The summed E-state index contributed by atoms with van der Waals surface area (Å²) >= 11 is 0. The summed E-state index contributed by atoms with van der Waals surface area (Å²) in [5.41, 5.74) is 9.68. The van der Waals surface area contributed by atoms with E-state index in [1.165, 1.54) is 30.5 Å². The van der Waals surface area contributed by atoms with Crippen molar-refractivity contribution < 1.29 is 0 Å². The maximum atomic E-state index is 6.05. The molecule has 1 fully saturated rings. The lowest BCUT2D eigenvalue weighted by atomic mass is 10.1. The van der Waals surface area contributed by atoms with Crippen LogP contribution in [-0.2, 0) is 13.5 Å². The number of aromatic nitrogens is 2. The Hall–Kier alpha value is -1.52. The first-order chi connectivity index (χ1) is 9.09. The van der Waals surface area contributed by atoms with Crippen molar-refractivity contribution in [2.75, 3.05) is 19.6 Å². The molecule has 0 aliphatic carbocycles. The number of nitrogens with two attached hydrogens (primary N) is 1. The van der Waals surface area contributed by atoms with E-state index in [-0.39, 0.29) is 0 Å². The summed E-state index contributed by atoms with van der Waals surface area (Å²) in [6.45, 7) is 7.02. The number of hydrogen-bond donors (Lipinski definition) is 1. The Morgan fingerprint density at radius 2 is 1.95 bits per heavy atom. The molecule has 0 aromatic carbocycles. The van der Waals surface area contributed by atoms with Gasteiger partial charge in [0.15, 0.2) is 5.96 Å². The predicted molar refractivity (Wildman–Crippen MR) is 78.3 cm³/mol. The van der Waals surface area contributed by atoms with Gasteiger partial charge in [-0.2, -0.15) is 5.10 Å². The summed E-state index contributed by atoms with van der Waals surface area (Å²) < 4.78 is 1.93. The highest BCUT2D eigenvalue weighted by Gasteiger charge is 2.12. The van der Waals surface area contributed by atoms with Gasteiger partial charge in [0.05, 0.1) is 5.69 Å². The first kappa shape index (κ1) is 13.9. The smallest absolute Gasteiger partial charge is 0.191 e. The molecule has 1 aliphatic rings. The molecule has 2 heterocycles. The lowest BCUT2D eigenvalue weighted by Gasteiger charge is -2.27. The third-order valence-electron chi connectivity index (χ3n) is 3.97. The molecular weight excluding hydrogens is 238 g/mol. The molecule has 0 spiro atoms. The van der Waals surface area contributed by atoms with E-state index in [1.54, 1.807) is 0 Å². The van der Waals surface area contributed by atoms with Crippen LogP contribution in [0.4, 0.5) is 0 Å². The van der Waals surface area contributed by atoms with Crippen LogP contribution in [0.5, 0.6) is 0 Å². The van der Waals surface area contributed by atoms with E-state index in [0.29, 0.717) is 5.96 Å². The molecule has 1 saturated heterocycles. The molecule has 2 rings (SSSR count). The Morgan fingerprint density at radius 3 is 2.53 bits per heavy atom. The van der Waals surface area contributed by atoms with E-state index < -0.39 is 0 Å². The number of nitrogens with zero attached hydrogens (tertiary/aromatic N) is 4. The van der Waals surface area contributed by atoms with Gasteiger partial charge in [-0.25, -0.2) is 0 Å². The van der Waals surface area contributed by atoms with Crippen LogP contribution in [-0.4, -0.2) is 40.3 Å². The van der Waals surface area contributed by atoms with Crippen LogP contribution < -0.4 is 5.73 Å². The van der Waals surface area contributed by atoms with Crippen LogP contribution in [0.3, 0.4) is 0 Å². The summed E-state index contributed by atoms with van der Waals surface area (Å²) in [6.07, 6.45) is 4.70. The van der Waals surface area contributed by atoms with E-state index in [0.717, 1.165) is 31.7 Å². The van der Waals surface area contributed by atoms with Gasteiger partial charge in [0.2, 0.25) is 0 Å². The lowest BCUT2D eigenvalue weighted by molar-refractivity contribution is 0.338. The largest absolute Gasteiger partial charge is 0.370 e. The molecule has 0 unspecified atom stereocenters. The first-order valence-electron chi connectivity index (χ1n) is 7.13. The van der Waals surface area contributed by atoms with Gasteiger partial charge in [0.25, 0.3) is 0 Å². The molecule has 1 aliphatic heterocycles. The SMILES string of the molecule is Cc1nn(C)c(C)c1CCN=C(N)N1CCCCC1. The fourth-order valence-electron chi connectivity index (χ4n) is 2.68. The average Bonchev–Trinajstić information content (AvgIpc) is 2.66. The zero-order valence-electron chi connectivity index (χ0n) is 12.3. The van der Waals surface area contributed by atoms with Crippen molar-refractivity contribution in [3.8, 4) is 0 Å². The molecule has 5 nitrogen and oxygen atoms in total. The van der Waals surface area contributed by atoms with Crippen molar-refractivity contribution in [3.05, 3.63) is 17.0 Å². The normalized spacial score (nSPS) is 17.0. The number of likely N-dealkylation sites (tertiary alicyclic amines) is 1. The zero-order chi connectivity index (χ0) is 13.8. The molecule has 0 atom stereocenters. The molecule has 1 aromatic rings.